The number of carbonyl (C=O) groups excluding carboxylic acids is 5. The van der Waals surface area contributed by atoms with Crippen LogP contribution in [0.2, 0.25) is 0 Å². The van der Waals surface area contributed by atoms with Crippen LogP contribution < -0.4 is 26.6 Å². The third-order valence-corrected chi connectivity index (χ3v) is 10.1. The maximum Gasteiger partial charge on any atom is 0.408 e. The Balaban J connectivity index is 1.86. The van der Waals surface area contributed by atoms with E-state index in [-0.39, 0.29) is 18.7 Å². The van der Waals surface area contributed by atoms with Crippen LogP contribution in [0.15, 0.2) is 91.0 Å². The molecule has 3 aromatic rings. The Morgan fingerprint density at radius 3 is 1.57 bits per heavy atom. The molecular formula is C43H57N5O9S. The monoisotopic (exact) mass is 819 g/mol. The van der Waals surface area contributed by atoms with E-state index in [1.54, 1.807) is 41.5 Å². The Morgan fingerprint density at radius 2 is 1.10 bits per heavy atom. The molecule has 14 nitrogen and oxygen atoms in total. The predicted octanol–water partition coefficient (Wildman–Crippen LogP) is 5.49. The average Bonchev–Trinajstić information content (AvgIpc) is 3.15. The van der Waals surface area contributed by atoms with Crippen LogP contribution in [-0.4, -0.2) is 89.2 Å². The number of nitrogens with one attached hydrogen (secondary N) is 5. The van der Waals surface area contributed by atoms with Crippen molar-refractivity contribution >= 4 is 47.6 Å². The van der Waals surface area contributed by atoms with Gasteiger partial charge in [-0.3, -0.25) is 14.4 Å². The highest BCUT2D eigenvalue weighted by Crippen LogP contribution is 2.48. The number of thioether (sulfide) groups is 1. The minimum atomic E-state index is -1.31. The van der Waals surface area contributed by atoms with E-state index in [1.165, 1.54) is 18.7 Å². The molecule has 0 saturated heterocycles. The van der Waals surface area contributed by atoms with Crippen molar-refractivity contribution in [2.45, 2.75) is 102 Å². The number of amides is 5. The summed E-state index contributed by atoms with van der Waals surface area (Å²) in [6.07, 6.45) is -0.581. The Hall–Kier alpha value is -5.57. The molecule has 58 heavy (non-hydrogen) atoms. The number of carboxylic acids is 1. The topological polar surface area (TPSA) is 201 Å². The fraction of sp³-hybridized carbons (Fsp3) is 0.442. The van der Waals surface area contributed by atoms with E-state index in [1.807, 2.05) is 91.0 Å². The normalized spacial score (nSPS) is 13.2. The predicted molar refractivity (Wildman–Crippen MR) is 223 cm³/mol. The summed E-state index contributed by atoms with van der Waals surface area (Å²) in [7, 11) is 0. The summed E-state index contributed by atoms with van der Waals surface area (Å²) >= 11 is 1.39. The number of carbonyl (C=O) groups is 6. The fourth-order valence-electron chi connectivity index (χ4n) is 5.78. The second kappa shape index (κ2) is 21.8. The van der Waals surface area contributed by atoms with Crippen LogP contribution in [0.4, 0.5) is 9.59 Å². The van der Waals surface area contributed by atoms with Gasteiger partial charge in [-0.2, -0.15) is 0 Å². The van der Waals surface area contributed by atoms with E-state index >= 15 is 0 Å². The van der Waals surface area contributed by atoms with Crippen LogP contribution >= 0.6 is 11.8 Å². The maximum atomic E-state index is 14.1. The Kier molecular flexibility index (Phi) is 17.6. The van der Waals surface area contributed by atoms with Crippen LogP contribution in [0.25, 0.3) is 0 Å². The number of carboxylic acid groups (broad SMARTS) is 1. The number of unbranched alkanes of at least 4 members (excludes halogenated alkanes) is 1. The Morgan fingerprint density at radius 1 is 0.621 bits per heavy atom. The van der Waals surface area contributed by atoms with Gasteiger partial charge in [0.2, 0.25) is 17.7 Å². The third-order valence-electron chi connectivity index (χ3n) is 8.41. The van der Waals surface area contributed by atoms with Crippen molar-refractivity contribution in [2.75, 3.05) is 18.8 Å². The van der Waals surface area contributed by atoms with Crippen LogP contribution in [0, 0.1) is 0 Å². The zero-order valence-corrected chi connectivity index (χ0v) is 35.1. The molecule has 3 rings (SSSR count). The van der Waals surface area contributed by atoms with E-state index in [0.29, 0.717) is 12.8 Å². The van der Waals surface area contributed by atoms with Gasteiger partial charge in [0.25, 0.3) is 0 Å². The number of hydrogen-bond acceptors (Lipinski definition) is 9. The molecule has 3 atom stereocenters. The molecule has 0 spiro atoms. The van der Waals surface area contributed by atoms with Crippen molar-refractivity contribution in [2.24, 2.45) is 0 Å². The molecule has 15 heteroatoms. The van der Waals surface area contributed by atoms with E-state index in [0.717, 1.165) is 16.7 Å². The maximum absolute atomic E-state index is 14.1. The van der Waals surface area contributed by atoms with Gasteiger partial charge in [0.05, 0.1) is 11.3 Å². The second-order valence-corrected chi connectivity index (χ2v) is 16.9. The molecule has 0 radical (unpaired) electrons. The molecule has 0 unspecified atom stereocenters. The molecular weight excluding hydrogens is 763 g/mol. The first-order valence-electron chi connectivity index (χ1n) is 19.2. The molecule has 3 aromatic carbocycles. The molecule has 0 aliphatic carbocycles. The summed E-state index contributed by atoms with van der Waals surface area (Å²) in [5.74, 6) is -3.41. The number of ether oxygens (including phenoxy) is 2. The highest BCUT2D eigenvalue weighted by molar-refractivity contribution is 8.00. The number of hydrogen-bond donors (Lipinski definition) is 6. The van der Waals surface area contributed by atoms with Crippen LogP contribution in [-0.2, 0) is 33.4 Å². The summed E-state index contributed by atoms with van der Waals surface area (Å²) < 4.78 is 9.56. The van der Waals surface area contributed by atoms with Gasteiger partial charge in [-0.15, -0.1) is 11.8 Å². The van der Waals surface area contributed by atoms with Gasteiger partial charge in [-0.05, 0) is 84.4 Å². The number of rotatable bonds is 19. The third kappa shape index (κ3) is 15.4. The van der Waals surface area contributed by atoms with Crippen molar-refractivity contribution in [3.05, 3.63) is 108 Å². The van der Waals surface area contributed by atoms with Crippen molar-refractivity contribution in [1.82, 2.24) is 26.6 Å². The SMILES string of the molecule is C[C@H](NC(=O)OC(C)(C)C)C(=O)NCC(=O)N[C@@H](CSC(c1ccccc1)(c1ccccc1)c1ccccc1)C(=O)N[C@@H](CCCCNC(=O)OC(C)(C)C)C(=O)O. The summed E-state index contributed by atoms with van der Waals surface area (Å²) in [5.41, 5.74) is 1.27. The quantitative estimate of drug-likeness (QED) is 0.0664. The van der Waals surface area contributed by atoms with Gasteiger partial charge in [-0.25, -0.2) is 14.4 Å². The smallest absolute Gasteiger partial charge is 0.408 e. The van der Waals surface area contributed by atoms with Crippen LogP contribution in [0.3, 0.4) is 0 Å². The van der Waals surface area contributed by atoms with Crippen molar-refractivity contribution in [3.8, 4) is 0 Å². The lowest BCUT2D eigenvalue weighted by Crippen LogP contribution is -2.55. The zero-order chi connectivity index (χ0) is 42.9. The summed E-state index contributed by atoms with van der Waals surface area (Å²) in [6, 6.07) is 25.5. The molecule has 5 amide bonds. The van der Waals surface area contributed by atoms with Gasteiger partial charge in [-0.1, -0.05) is 91.0 Å². The molecule has 0 bridgehead atoms. The first-order valence-corrected chi connectivity index (χ1v) is 20.2. The van der Waals surface area contributed by atoms with Crippen LogP contribution in [0.1, 0.15) is 84.4 Å². The Labute approximate surface area is 345 Å². The first kappa shape index (κ1) is 46.8. The molecule has 0 fully saturated rings. The van der Waals surface area contributed by atoms with E-state index in [4.69, 9.17) is 9.47 Å². The zero-order valence-electron chi connectivity index (χ0n) is 34.3. The minimum Gasteiger partial charge on any atom is -0.480 e. The highest BCUT2D eigenvalue weighted by atomic mass is 32.2. The number of benzene rings is 3. The van der Waals surface area contributed by atoms with Gasteiger partial charge in [0, 0.05) is 12.3 Å². The van der Waals surface area contributed by atoms with Crippen molar-refractivity contribution in [3.63, 3.8) is 0 Å². The van der Waals surface area contributed by atoms with E-state index in [9.17, 15) is 33.9 Å². The summed E-state index contributed by atoms with van der Waals surface area (Å²) in [4.78, 5) is 77.0. The molecule has 0 saturated carbocycles. The molecule has 0 aliphatic heterocycles. The number of alkyl carbamates (subject to hydrolysis) is 2. The van der Waals surface area contributed by atoms with Gasteiger partial charge in [0.1, 0.15) is 29.3 Å². The first-order chi connectivity index (χ1) is 27.3. The van der Waals surface area contributed by atoms with Gasteiger partial charge in [0.15, 0.2) is 0 Å². The molecule has 314 valence electrons. The van der Waals surface area contributed by atoms with Crippen molar-refractivity contribution < 1.29 is 43.3 Å². The molecule has 0 aromatic heterocycles. The lowest BCUT2D eigenvalue weighted by molar-refractivity contribution is -0.142. The standard InChI is InChI=1S/C43H57N5O9S/c1-29(46-40(55)57-42(5,6)7)36(50)45-27-35(49)47-34(37(51)48-33(38(52)53)25-17-18-26-44-39(54)56-41(2,3)4)28-58-43(30-19-11-8-12-20-30,31-21-13-9-14-22-31)32-23-15-10-16-24-32/h8-16,19-24,29,33-34H,17-18,25-28H2,1-7H3,(H,44,54)(H,45,50)(H,46,55)(H,47,49)(H,48,51)(H,52,53)/t29-,33-,34-/m0/s1. The lowest BCUT2D eigenvalue weighted by atomic mass is 9.84. The van der Waals surface area contributed by atoms with E-state index < -0.39 is 76.5 Å². The molecule has 0 aliphatic rings. The second-order valence-electron chi connectivity index (χ2n) is 15.6. The fourth-order valence-corrected chi connectivity index (χ4v) is 7.34. The minimum absolute atomic E-state index is 0.0209. The lowest BCUT2D eigenvalue weighted by Gasteiger charge is -2.36. The van der Waals surface area contributed by atoms with Gasteiger partial charge < -0.3 is 41.2 Å². The Bertz CT molecular complexity index is 1720. The van der Waals surface area contributed by atoms with E-state index in [2.05, 4.69) is 26.6 Å². The highest BCUT2D eigenvalue weighted by Gasteiger charge is 2.39. The number of aliphatic carboxylic acids is 1. The van der Waals surface area contributed by atoms with Crippen LogP contribution in [0.5, 0.6) is 0 Å². The average molecular weight is 820 g/mol. The molecule has 6 N–H and O–H groups in total. The summed E-state index contributed by atoms with van der Waals surface area (Å²) in [5, 5.41) is 22.9. The summed E-state index contributed by atoms with van der Waals surface area (Å²) in [6.45, 7) is 11.4. The van der Waals surface area contributed by atoms with Gasteiger partial charge >= 0.3 is 18.2 Å². The molecule has 0 heterocycles. The largest absolute Gasteiger partial charge is 0.480 e. The van der Waals surface area contributed by atoms with Crippen molar-refractivity contribution in [1.29, 1.82) is 0 Å².